The van der Waals surface area contributed by atoms with Gasteiger partial charge in [0.2, 0.25) is 17.8 Å². The molecule has 1 aliphatic rings. The van der Waals surface area contributed by atoms with Crippen molar-refractivity contribution in [2.24, 2.45) is 0 Å². The Labute approximate surface area is 107 Å². The molecule has 0 aliphatic heterocycles. The predicted octanol–water partition coefficient (Wildman–Crippen LogP) is 0.589. The number of anilines is 2. The second-order valence-corrected chi connectivity index (χ2v) is 4.86. The lowest BCUT2D eigenvalue weighted by Crippen LogP contribution is -2.05. The second-order valence-electron chi connectivity index (χ2n) is 3.94. The van der Waals surface area contributed by atoms with E-state index in [2.05, 4.69) is 25.1 Å². The zero-order chi connectivity index (χ0) is 12.5. The quantitative estimate of drug-likeness (QED) is 0.762. The molecule has 4 N–H and O–H groups in total. The van der Waals surface area contributed by atoms with Gasteiger partial charge in [0.15, 0.2) is 0 Å². The number of nitrogens with zero attached hydrogens (tertiary/aromatic N) is 5. The molecule has 1 aliphatic carbocycles. The van der Waals surface area contributed by atoms with Crippen molar-refractivity contribution in [3.05, 3.63) is 11.7 Å². The van der Waals surface area contributed by atoms with Gasteiger partial charge in [0.25, 0.3) is 5.22 Å². The molecule has 0 atom stereocenters. The van der Waals surface area contributed by atoms with Crippen LogP contribution in [0.4, 0.5) is 11.9 Å². The third kappa shape index (κ3) is 2.50. The minimum atomic E-state index is 0.113. The smallest absolute Gasteiger partial charge is 0.277 e. The van der Waals surface area contributed by atoms with E-state index in [4.69, 9.17) is 15.9 Å². The Balaban J connectivity index is 1.65. The molecular formula is C9H11N7OS. The zero-order valence-electron chi connectivity index (χ0n) is 9.41. The van der Waals surface area contributed by atoms with Crippen LogP contribution in [-0.2, 0) is 5.75 Å². The summed E-state index contributed by atoms with van der Waals surface area (Å²) in [6, 6.07) is 0. The molecule has 0 unspecified atom stereocenters. The minimum Gasteiger partial charge on any atom is -0.416 e. The first-order valence-electron chi connectivity index (χ1n) is 5.43. The van der Waals surface area contributed by atoms with Crippen LogP contribution in [0.15, 0.2) is 9.64 Å². The van der Waals surface area contributed by atoms with Crippen molar-refractivity contribution in [2.75, 3.05) is 11.5 Å². The van der Waals surface area contributed by atoms with Crippen LogP contribution >= 0.6 is 11.8 Å². The fraction of sp³-hybridized carbons (Fsp3) is 0.444. The predicted molar refractivity (Wildman–Crippen MR) is 64.5 cm³/mol. The van der Waals surface area contributed by atoms with Crippen LogP contribution < -0.4 is 11.5 Å². The molecule has 1 fully saturated rings. The largest absolute Gasteiger partial charge is 0.416 e. The highest BCUT2D eigenvalue weighted by Gasteiger charge is 2.29. The first kappa shape index (κ1) is 11.2. The molecule has 1 saturated carbocycles. The van der Waals surface area contributed by atoms with E-state index in [0.29, 0.717) is 28.6 Å². The van der Waals surface area contributed by atoms with Gasteiger partial charge >= 0.3 is 0 Å². The molecule has 2 aromatic rings. The third-order valence-corrected chi connectivity index (χ3v) is 3.20. The molecule has 0 spiro atoms. The van der Waals surface area contributed by atoms with Crippen molar-refractivity contribution < 1.29 is 4.42 Å². The molecular weight excluding hydrogens is 254 g/mol. The highest BCUT2D eigenvalue weighted by Crippen LogP contribution is 2.39. The molecule has 0 radical (unpaired) electrons. The third-order valence-electron chi connectivity index (χ3n) is 2.39. The summed E-state index contributed by atoms with van der Waals surface area (Å²) in [5.74, 6) is 2.35. The van der Waals surface area contributed by atoms with Crippen LogP contribution in [0, 0.1) is 0 Å². The highest BCUT2D eigenvalue weighted by atomic mass is 32.2. The monoisotopic (exact) mass is 265 g/mol. The first-order chi connectivity index (χ1) is 8.70. The number of hydrogen-bond donors (Lipinski definition) is 2. The summed E-state index contributed by atoms with van der Waals surface area (Å²) in [5.41, 5.74) is 11.0. The van der Waals surface area contributed by atoms with E-state index in [1.807, 2.05) is 0 Å². The summed E-state index contributed by atoms with van der Waals surface area (Å²) in [4.78, 5) is 11.6. The fourth-order valence-corrected chi connectivity index (χ4v) is 2.05. The molecule has 0 amide bonds. The van der Waals surface area contributed by atoms with Gasteiger partial charge in [0.1, 0.15) is 5.82 Å². The van der Waals surface area contributed by atoms with E-state index in [1.165, 1.54) is 11.8 Å². The summed E-state index contributed by atoms with van der Waals surface area (Å²) in [7, 11) is 0. The Bertz CT molecular complexity index is 548. The average molecular weight is 265 g/mol. The summed E-state index contributed by atoms with van der Waals surface area (Å²) in [6.45, 7) is 0. The second kappa shape index (κ2) is 4.41. The van der Waals surface area contributed by atoms with Gasteiger partial charge in [-0.05, 0) is 12.8 Å². The van der Waals surface area contributed by atoms with Gasteiger partial charge < -0.3 is 15.9 Å². The Morgan fingerprint density at radius 3 is 2.50 bits per heavy atom. The standard InChI is InChI=1S/C9H11N7OS/c10-7-12-5(13-8(11)14-7)3-18-9-16-15-6(17-9)4-1-2-4/h4H,1-3H2,(H4,10,11,12,13,14). The number of rotatable bonds is 4. The van der Waals surface area contributed by atoms with Crippen molar-refractivity contribution in [1.82, 2.24) is 25.1 Å². The van der Waals surface area contributed by atoms with Gasteiger partial charge in [-0.2, -0.15) is 15.0 Å². The van der Waals surface area contributed by atoms with Crippen molar-refractivity contribution in [1.29, 1.82) is 0 Å². The van der Waals surface area contributed by atoms with Gasteiger partial charge in [0.05, 0.1) is 5.75 Å². The van der Waals surface area contributed by atoms with E-state index in [-0.39, 0.29) is 11.9 Å². The fourth-order valence-electron chi connectivity index (χ4n) is 1.42. The van der Waals surface area contributed by atoms with Crippen LogP contribution in [-0.4, -0.2) is 25.1 Å². The minimum absolute atomic E-state index is 0.113. The number of aromatic nitrogens is 5. The van der Waals surface area contributed by atoms with Gasteiger partial charge in [-0.25, -0.2) is 0 Å². The zero-order valence-corrected chi connectivity index (χ0v) is 10.2. The van der Waals surface area contributed by atoms with E-state index >= 15 is 0 Å². The lowest BCUT2D eigenvalue weighted by atomic mass is 10.4. The van der Waals surface area contributed by atoms with E-state index in [0.717, 1.165) is 12.8 Å². The van der Waals surface area contributed by atoms with Crippen LogP contribution in [0.5, 0.6) is 0 Å². The summed E-state index contributed by atoms with van der Waals surface area (Å²) < 4.78 is 5.50. The molecule has 94 valence electrons. The van der Waals surface area contributed by atoms with E-state index in [9.17, 15) is 0 Å². The number of hydrogen-bond acceptors (Lipinski definition) is 9. The summed E-state index contributed by atoms with van der Waals surface area (Å²) >= 11 is 1.35. The van der Waals surface area contributed by atoms with Crippen LogP contribution in [0.1, 0.15) is 30.5 Å². The molecule has 2 aromatic heterocycles. The molecule has 0 bridgehead atoms. The van der Waals surface area contributed by atoms with E-state index in [1.54, 1.807) is 0 Å². The molecule has 3 rings (SSSR count). The lowest BCUT2D eigenvalue weighted by molar-refractivity contribution is 0.414. The Morgan fingerprint density at radius 2 is 1.83 bits per heavy atom. The Kier molecular flexibility index (Phi) is 2.74. The van der Waals surface area contributed by atoms with Crippen LogP contribution in [0.2, 0.25) is 0 Å². The van der Waals surface area contributed by atoms with Crippen molar-refractivity contribution in [3.63, 3.8) is 0 Å². The van der Waals surface area contributed by atoms with Crippen molar-refractivity contribution >= 4 is 23.7 Å². The van der Waals surface area contributed by atoms with Crippen molar-refractivity contribution in [2.45, 2.75) is 29.7 Å². The normalized spacial score (nSPS) is 14.9. The van der Waals surface area contributed by atoms with Crippen LogP contribution in [0.25, 0.3) is 0 Å². The number of thioether (sulfide) groups is 1. The summed E-state index contributed by atoms with van der Waals surface area (Å²) in [6.07, 6.45) is 2.26. The first-order valence-corrected chi connectivity index (χ1v) is 6.41. The Hall–Kier alpha value is -1.90. The summed E-state index contributed by atoms with van der Waals surface area (Å²) in [5, 5.41) is 8.44. The van der Waals surface area contributed by atoms with Gasteiger partial charge in [-0.3, -0.25) is 0 Å². The Morgan fingerprint density at radius 1 is 1.11 bits per heavy atom. The molecule has 18 heavy (non-hydrogen) atoms. The molecule has 0 saturated heterocycles. The van der Waals surface area contributed by atoms with Gasteiger partial charge in [0, 0.05) is 5.92 Å². The molecule has 9 heteroatoms. The molecule has 2 heterocycles. The highest BCUT2D eigenvalue weighted by molar-refractivity contribution is 7.98. The van der Waals surface area contributed by atoms with E-state index < -0.39 is 0 Å². The molecule has 8 nitrogen and oxygen atoms in total. The maximum absolute atomic E-state index is 5.50. The SMILES string of the molecule is Nc1nc(N)nc(CSc2nnc(C3CC3)o2)n1. The maximum atomic E-state index is 5.50. The van der Waals surface area contributed by atoms with Gasteiger partial charge in [-0.1, -0.05) is 11.8 Å². The lowest BCUT2D eigenvalue weighted by Gasteiger charge is -1.99. The van der Waals surface area contributed by atoms with Crippen LogP contribution in [0.3, 0.4) is 0 Å². The maximum Gasteiger partial charge on any atom is 0.277 e. The number of nitrogen functional groups attached to an aromatic ring is 2. The topological polar surface area (TPSA) is 130 Å². The molecule has 0 aromatic carbocycles. The number of nitrogens with two attached hydrogens (primary N) is 2. The average Bonchev–Trinajstić information content (AvgIpc) is 3.05. The van der Waals surface area contributed by atoms with Crippen molar-refractivity contribution in [3.8, 4) is 0 Å². The van der Waals surface area contributed by atoms with Gasteiger partial charge in [-0.15, -0.1) is 10.2 Å².